The van der Waals surface area contributed by atoms with E-state index in [-0.39, 0.29) is 17.6 Å². The van der Waals surface area contributed by atoms with Crippen molar-refractivity contribution in [3.63, 3.8) is 0 Å². The molecule has 0 aliphatic rings. The summed E-state index contributed by atoms with van der Waals surface area (Å²) in [6.07, 6.45) is 0. The maximum absolute atomic E-state index is 13.0. The minimum Gasteiger partial charge on any atom is -0.482 e. The monoisotopic (exact) mass is 453 g/mol. The van der Waals surface area contributed by atoms with Gasteiger partial charge in [0.15, 0.2) is 11.7 Å². The zero-order valence-electron chi connectivity index (χ0n) is 16.4. The summed E-state index contributed by atoms with van der Waals surface area (Å²) in [6.45, 7) is -0.274. The number of carbonyl (C=O) groups excluding carboxylic acids is 2. The van der Waals surface area contributed by atoms with Gasteiger partial charge in [-0.05, 0) is 35.5 Å². The van der Waals surface area contributed by atoms with Crippen molar-refractivity contribution in [2.45, 2.75) is 5.92 Å². The molecule has 0 heterocycles. The van der Waals surface area contributed by atoms with Crippen molar-refractivity contribution in [1.29, 1.82) is 0 Å². The van der Waals surface area contributed by atoms with Gasteiger partial charge in [-0.15, -0.1) is 0 Å². The molecule has 0 atom stereocenters. The lowest BCUT2D eigenvalue weighted by Crippen LogP contribution is -2.50. The van der Waals surface area contributed by atoms with Crippen LogP contribution in [0.25, 0.3) is 0 Å². The first-order valence-electron chi connectivity index (χ1n) is 9.41. The number of amides is 2. The predicted octanol–water partition coefficient (Wildman–Crippen LogP) is 3.57. The summed E-state index contributed by atoms with van der Waals surface area (Å²) in [5, 5.41) is 2.99. The van der Waals surface area contributed by atoms with Crippen molar-refractivity contribution in [1.82, 2.24) is 16.2 Å². The number of hydrogen-bond donors (Lipinski definition) is 3. The summed E-state index contributed by atoms with van der Waals surface area (Å²) in [5.74, 6) is -0.971. The number of hydrogen-bond acceptors (Lipinski definition) is 4. The summed E-state index contributed by atoms with van der Waals surface area (Å²) in [6, 6.07) is 25.6. The van der Waals surface area contributed by atoms with Gasteiger partial charge in [-0.25, -0.2) is 0 Å². The van der Waals surface area contributed by atoms with Crippen LogP contribution in [0.3, 0.4) is 0 Å². The Hall–Kier alpha value is -3.42. The lowest BCUT2D eigenvalue weighted by molar-refractivity contribution is -0.124. The Labute approximate surface area is 190 Å². The molecule has 158 valence electrons. The van der Waals surface area contributed by atoms with Crippen LogP contribution in [0.1, 0.15) is 17.0 Å². The number of benzene rings is 3. The number of thiocarbonyl (C=S) groups is 1. The van der Waals surface area contributed by atoms with Gasteiger partial charge >= 0.3 is 0 Å². The predicted molar refractivity (Wildman–Crippen MR) is 124 cm³/mol. The van der Waals surface area contributed by atoms with Crippen molar-refractivity contribution < 1.29 is 14.3 Å². The average Bonchev–Trinajstić information content (AvgIpc) is 2.79. The molecule has 0 fully saturated rings. The van der Waals surface area contributed by atoms with Crippen molar-refractivity contribution in [2.75, 3.05) is 6.61 Å². The molecular formula is C23H20ClN3O3S. The van der Waals surface area contributed by atoms with E-state index in [1.165, 1.54) is 0 Å². The number of nitrogens with one attached hydrogen (secondary N) is 3. The Kier molecular flexibility index (Phi) is 7.98. The van der Waals surface area contributed by atoms with Crippen LogP contribution < -0.4 is 20.9 Å². The third-order valence-electron chi connectivity index (χ3n) is 4.28. The topological polar surface area (TPSA) is 79.5 Å². The smallest absolute Gasteiger partial charge is 0.276 e. The summed E-state index contributed by atoms with van der Waals surface area (Å²) >= 11 is 11.1. The van der Waals surface area contributed by atoms with E-state index >= 15 is 0 Å². The molecule has 3 aromatic carbocycles. The van der Waals surface area contributed by atoms with Gasteiger partial charge in [0.05, 0.1) is 10.9 Å². The highest BCUT2D eigenvalue weighted by atomic mass is 35.5. The van der Waals surface area contributed by atoms with Crippen LogP contribution in [0.2, 0.25) is 5.02 Å². The average molecular weight is 454 g/mol. The van der Waals surface area contributed by atoms with Crippen molar-refractivity contribution in [2.24, 2.45) is 0 Å². The molecule has 0 aromatic heterocycles. The molecule has 8 heteroatoms. The zero-order chi connectivity index (χ0) is 22.1. The normalized spacial score (nSPS) is 10.3. The minimum atomic E-state index is -0.554. The molecule has 3 aromatic rings. The molecule has 0 saturated carbocycles. The van der Waals surface area contributed by atoms with Crippen LogP contribution in [0.4, 0.5) is 0 Å². The van der Waals surface area contributed by atoms with Crippen molar-refractivity contribution in [3.8, 4) is 5.75 Å². The quantitative estimate of drug-likeness (QED) is 0.393. The highest BCUT2D eigenvalue weighted by molar-refractivity contribution is 7.80. The molecular weight excluding hydrogens is 434 g/mol. The Morgan fingerprint density at radius 1 is 0.839 bits per heavy atom. The molecule has 0 bridgehead atoms. The van der Waals surface area contributed by atoms with E-state index in [0.29, 0.717) is 10.8 Å². The number of hydrazine groups is 1. The van der Waals surface area contributed by atoms with Crippen molar-refractivity contribution in [3.05, 3.63) is 101 Å². The fourth-order valence-corrected chi connectivity index (χ4v) is 3.21. The van der Waals surface area contributed by atoms with Gasteiger partial charge < -0.3 is 10.1 Å². The summed E-state index contributed by atoms with van der Waals surface area (Å²) in [7, 11) is 0. The van der Waals surface area contributed by atoms with Gasteiger partial charge in [-0.1, -0.05) is 84.4 Å². The van der Waals surface area contributed by atoms with E-state index in [1.807, 2.05) is 60.7 Å². The standard InChI is InChI=1S/C23H20ClN3O3S/c24-18-13-7-8-14-19(18)30-15-20(28)26-27-23(31)25-22(29)21(16-9-3-1-4-10-16)17-11-5-2-6-12-17/h1-14,21H,15H2,(H,26,28)(H2,25,27,29,31). The van der Waals surface area contributed by atoms with Gasteiger partial charge in [-0.3, -0.25) is 20.4 Å². The van der Waals surface area contributed by atoms with E-state index in [0.717, 1.165) is 11.1 Å². The number of halogens is 1. The minimum absolute atomic E-state index is 0.0343. The van der Waals surface area contributed by atoms with Gasteiger partial charge in [0.2, 0.25) is 5.91 Å². The lowest BCUT2D eigenvalue weighted by Gasteiger charge is -2.19. The molecule has 3 rings (SSSR count). The van der Waals surface area contributed by atoms with Crippen LogP contribution in [0.5, 0.6) is 5.75 Å². The second-order valence-electron chi connectivity index (χ2n) is 6.47. The van der Waals surface area contributed by atoms with Crippen LogP contribution in [-0.4, -0.2) is 23.5 Å². The number of rotatable bonds is 6. The van der Waals surface area contributed by atoms with E-state index in [9.17, 15) is 9.59 Å². The van der Waals surface area contributed by atoms with Gasteiger partial charge in [0, 0.05) is 0 Å². The third-order valence-corrected chi connectivity index (χ3v) is 4.79. The van der Waals surface area contributed by atoms with E-state index in [2.05, 4.69) is 16.2 Å². The molecule has 0 saturated heterocycles. The molecule has 31 heavy (non-hydrogen) atoms. The van der Waals surface area contributed by atoms with E-state index < -0.39 is 11.8 Å². The Morgan fingerprint density at radius 2 is 1.39 bits per heavy atom. The molecule has 3 N–H and O–H groups in total. The highest BCUT2D eigenvalue weighted by Crippen LogP contribution is 2.25. The second kappa shape index (κ2) is 11.1. The largest absolute Gasteiger partial charge is 0.482 e. The maximum atomic E-state index is 13.0. The molecule has 0 radical (unpaired) electrons. The molecule has 6 nitrogen and oxygen atoms in total. The Morgan fingerprint density at radius 3 is 1.97 bits per heavy atom. The third kappa shape index (κ3) is 6.53. The van der Waals surface area contributed by atoms with E-state index in [1.54, 1.807) is 24.3 Å². The summed E-state index contributed by atoms with van der Waals surface area (Å²) in [5.41, 5.74) is 6.54. The number of para-hydroxylation sites is 1. The SMILES string of the molecule is O=C(COc1ccccc1Cl)NNC(=S)NC(=O)C(c1ccccc1)c1ccccc1. The Balaban J connectivity index is 1.55. The van der Waals surface area contributed by atoms with Crippen LogP contribution >= 0.6 is 23.8 Å². The fraction of sp³-hybridized carbons (Fsp3) is 0.0870. The van der Waals surface area contributed by atoms with Gasteiger partial charge in [-0.2, -0.15) is 0 Å². The molecule has 0 spiro atoms. The summed E-state index contributed by atoms with van der Waals surface area (Å²) < 4.78 is 5.35. The van der Waals surface area contributed by atoms with Gasteiger partial charge in [0.25, 0.3) is 5.91 Å². The molecule has 0 aliphatic heterocycles. The fourth-order valence-electron chi connectivity index (χ4n) is 2.87. The Bertz CT molecular complexity index is 1010. The van der Waals surface area contributed by atoms with Crippen molar-refractivity contribution >= 4 is 40.7 Å². The lowest BCUT2D eigenvalue weighted by atomic mass is 9.90. The first-order chi connectivity index (χ1) is 15.0. The number of carbonyl (C=O) groups is 2. The second-order valence-corrected chi connectivity index (χ2v) is 7.28. The van der Waals surface area contributed by atoms with Crippen LogP contribution in [-0.2, 0) is 9.59 Å². The van der Waals surface area contributed by atoms with Gasteiger partial charge in [0.1, 0.15) is 5.75 Å². The summed E-state index contributed by atoms with van der Waals surface area (Å²) in [4.78, 5) is 24.9. The highest BCUT2D eigenvalue weighted by Gasteiger charge is 2.23. The first kappa shape index (κ1) is 22.3. The molecule has 0 unspecified atom stereocenters. The van der Waals surface area contributed by atoms with Crippen LogP contribution in [0.15, 0.2) is 84.9 Å². The molecule has 2 amide bonds. The zero-order valence-corrected chi connectivity index (χ0v) is 18.0. The first-order valence-corrected chi connectivity index (χ1v) is 10.2. The van der Waals surface area contributed by atoms with Crippen LogP contribution in [0, 0.1) is 0 Å². The van der Waals surface area contributed by atoms with E-state index in [4.69, 9.17) is 28.6 Å². The number of ether oxygens (including phenoxy) is 1. The molecule has 0 aliphatic carbocycles. The maximum Gasteiger partial charge on any atom is 0.276 e.